The van der Waals surface area contributed by atoms with Crippen LogP contribution in [0.1, 0.15) is 39.5 Å². The zero-order valence-corrected chi connectivity index (χ0v) is 12.4. The van der Waals surface area contributed by atoms with Gasteiger partial charge in [-0.05, 0) is 38.8 Å². The summed E-state index contributed by atoms with van der Waals surface area (Å²) in [5.74, 6) is 0.727. The third kappa shape index (κ3) is 4.15. The summed E-state index contributed by atoms with van der Waals surface area (Å²) >= 11 is 0. The van der Waals surface area contributed by atoms with Crippen LogP contribution in [0.15, 0.2) is 24.3 Å². The number of rotatable bonds is 3. The summed E-state index contributed by atoms with van der Waals surface area (Å²) in [7, 11) is 0. The molecule has 0 radical (unpaired) electrons. The Morgan fingerprint density at radius 2 is 1.80 bits per heavy atom. The van der Waals surface area contributed by atoms with Crippen LogP contribution in [-0.2, 0) is 0 Å². The van der Waals surface area contributed by atoms with Gasteiger partial charge in [-0.15, -0.1) is 0 Å². The zero-order valence-electron chi connectivity index (χ0n) is 12.4. The summed E-state index contributed by atoms with van der Waals surface area (Å²) in [6.45, 7) is 5.65. The molecule has 1 N–H and O–H groups in total. The molecule has 0 aliphatic carbocycles. The molecule has 4 heteroatoms. The molecule has 110 valence electrons. The molecule has 2 rings (SSSR count). The number of carbonyl (C=O) groups is 1. The average molecular weight is 276 g/mol. The van der Waals surface area contributed by atoms with Gasteiger partial charge in [0.1, 0.15) is 5.75 Å². The fourth-order valence-corrected chi connectivity index (χ4v) is 2.39. The molecule has 2 amide bonds. The maximum Gasteiger partial charge on any atom is 0.321 e. The standard InChI is InChI=1S/C16H24N2O2/c1-13(2)20-15-10-6-5-9-14(15)17-16(19)18-11-7-3-4-8-12-18/h5-6,9-10,13H,3-4,7-8,11-12H2,1-2H3,(H,17,19). The lowest BCUT2D eigenvalue weighted by Gasteiger charge is -2.22. The molecule has 1 saturated heterocycles. The summed E-state index contributed by atoms with van der Waals surface area (Å²) < 4.78 is 5.72. The first-order valence-electron chi connectivity index (χ1n) is 7.48. The highest BCUT2D eigenvalue weighted by Gasteiger charge is 2.17. The van der Waals surface area contributed by atoms with E-state index in [1.54, 1.807) is 0 Å². The van der Waals surface area contributed by atoms with E-state index in [4.69, 9.17) is 4.74 Å². The van der Waals surface area contributed by atoms with E-state index in [0.29, 0.717) is 0 Å². The predicted octanol–water partition coefficient (Wildman–Crippen LogP) is 3.88. The molecule has 0 bridgehead atoms. The van der Waals surface area contributed by atoms with Crippen LogP contribution in [-0.4, -0.2) is 30.1 Å². The first-order valence-corrected chi connectivity index (χ1v) is 7.48. The fraction of sp³-hybridized carbons (Fsp3) is 0.562. The number of likely N-dealkylation sites (tertiary alicyclic amines) is 1. The van der Waals surface area contributed by atoms with E-state index in [9.17, 15) is 4.79 Å². The Morgan fingerprint density at radius 3 is 2.45 bits per heavy atom. The van der Waals surface area contributed by atoms with Crippen LogP contribution in [0.4, 0.5) is 10.5 Å². The Balaban J connectivity index is 2.03. The van der Waals surface area contributed by atoms with Gasteiger partial charge in [-0.3, -0.25) is 0 Å². The zero-order chi connectivity index (χ0) is 14.4. The van der Waals surface area contributed by atoms with E-state index in [1.165, 1.54) is 12.8 Å². The van der Waals surface area contributed by atoms with E-state index in [0.717, 1.165) is 37.4 Å². The molecule has 0 spiro atoms. The molecule has 1 aliphatic rings. The first-order chi connectivity index (χ1) is 9.66. The number of nitrogens with one attached hydrogen (secondary N) is 1. The van der Waals surface area contributed by atoms with Crippen molar-refractivity contribution in [1.29, 1.82) is 0 Å². The van der Waals surface area contributed by atoms with Crippen LogP contribution < -0.4 is 10.1 Å². The number of hydrogen-bond donors (Lipinski definition) is 1. The fourth-order valence-electron chi connectivity index (χ4n) is 2.39. The van der Waals surface area contributed by atoms with Crippen LogP contribution in [0.25, 0.3) is 0 Å². The monoisotopic (exact) mass is 276 g/mol. The van der Waals surface area contributed by atoms with Gasteiger partial charge in [-0.25, -0.2) is 4.79 Å². The van der Waals surface area contributed by atoms with Gasteiger partial charge in [-0.1, -0.05) is 25.0 Å². The highest BCUT2D eigenvalue weighted by molar-refractivity contribution is 5.91. The highest BCUT2D eigenvalue weighted by atomic mass is 16.5. The van der Waals surface area contributed by atoms with Crippen molar-refractivity contribution in [3.63, 3.8) is 0 Å². The van der Waals surface area contributed by atoms with E-state index in [1.807, 2.05) is 43.0 Å². The van der Waals surface area contributed by atoms with Crippen molar-refractivity contribution in [2.75, 3.05) is 18.4 Å². The molecule has 0 atom stereocenters. The molecular weight excluding hydrogens is 252 g/mol. The number of hydrogen-bond acceptors (Lipinski definition) is 2. The lowest BCUT2D eigenvalue weighted by atomic mass is 10.2. The molecule has 20 heavy (non-hydrogen) atoms. The van der Waals surface area contributed by atoms with Crippen molar-refractivity contribution < 1.29 is 9.53 Å². The molecular formula is C16H24N2O2. The molecule has 1 aliphatic heterocycles. The number of anilines is 1. The third-order valence-corrected chi connectivity index (χ3v) is 3.38. The number of nitrogens with zero attached hydrogens (tertiary/aromatic N) is 1. The molecule has 0 aromatic heterocycles. The summed E-state index contributed by atoms with van der Waals surface area (Å²) in [4.78, 5) is 14.2. The Bertz CT molecular complexity index is 438. The normalized spacial score (nSPS) is 15.8. The second kappa shape index (κ2) is 7.17. The Morgan fingerprint density at radius 1 is 1.15 bits per heavy atom. The third-order valence-electron chi connectivity index (χ3n) is 3.38. The van der Waals surface area contributed by atoms with E-state index in [-0.39, 0.29) is 12.1 Å². The molecule has 4 nitrogen and oxygen atoms in total. The minimum atomic E-state index is -0.0216. The van der Waals surface area contributed by atoms with Gasteiger partial charge in [0.05, 0.1) is 11.8 Å². The van der Waals surface area contributed by atoms with Crippen LogP contribution in [0.3, 0.4) is 0 Å². The summed E-state index contributed by atoms with van der Waals surface area (Å²) in [6.07, 6.45) is 4.72. The van der Waals surface area contributed by atoms with Crippen molar-refractivity contribution in [2.24, 2.45) is 0 Å². The highest BCUT2D eigenvalue weighted by Crippen LogP contribution is 2.25. The van der Waals surface area contributed by atoms with Gasteiger partial charge in [0.15, 0.2) is 0 Å². The van der Waals surface area contributed by atoms with Gasteiger partial charge in [0, 0.05) is 13.1 Å². The van der Waals surface area contributed by atoms with Gasteiger partial charge in [0.2, 0.25) is 0 Å². The van der Waals surface area contributed by atoms with Crippen molar-refractivity contribution in [3.05, 3.63) is 24.3 Å². The quantitative estimate of drug-likeness (QED) is 0.910. The summed E-state index contributed by atoms with van der Waals surface area (Å²) in [5, 5.41) is 2.98. The Hall–Kier alpha value is -1.71. The van der Waals surface area contributed by atoms with Crippen LogP contribution >= 0.6 is 0 Å². The molecule has 1 heterocycles. The van der Waals surface area contributed by atoms with Crippen molar-refractivity contribution in [3.8, 4) is 5.75 Å². The first kappa shape index (κ1) is 14.7. The predicted molar refractivity (Wildman–Crippen MR) is 81.3 cm³/mol. The number of para-hydroxylation sites is 2. The summed E-state index contributed by atoms with van der Waals surface area (Å²) in [6, 6.07) is 7.57. The van der Waals surface area contributed by atoms with Crippen LogP contribution in [0.2, 0.25) is 0 Å². The molecule has 0 saturated carbocycles. The number of ether oxygens (including phenoxy) is 1. The number of carbonyl (C=O) groups excluding carboxylic acids is 1. The second-order valence-electron chi connectivity index (χ2n) is 5.49. The number of urea groups is 1. The average Bonchev–Trinajstić information content (AvgIpc) is 2.69. The van der Waals surface area contributed by atoms with Gasteiger partial charge >= 0.3 is 6.03 Å². The van der Waals surface area contributed by atoms with Gasteiger partial charge in [0.25, 0.3) is 0 Å². The number of benzene rings is 1. The van der Waals surface area contributed by atoms with Crippen LogP contribution in [0, 0.1) is 0 Å². The SMILES string of the molecule is CC(C)Oc1ccccc1NC(=O)N1CCCCCC1. The molecule has 1 fully saturated rings. The van der Waals surface area contributed by atoms with Crippen molar-refractivity contribution in [2.45, 2.75) is 45.6 Å². The maximum absolute atomic E-state index is 12.3. The van der Waals surface area contributed by atoms with Crippen molar-refractivity contribution >= 4 is 11.7 Å². The lowest BCUT2D eigenvalue weighted by molar-refractivity contribution is 0.213. The summed E-state index contributed by atoms with van der Waals surface area (Å²) in [5.41, 5.74) is 0.746. The topological polar surface area (TPSA) is 41.6 Å². The van der Waals surface area contributed by atoms with E-state index < -0.39 is 0 Å². The molecule has 0 unspecified atom stereocenters. The molecule has 1 aromatic rings. The smallest absolute Gasteiger partial charge is 0.321 e. The van der Waals surface area contributed by atoms with Gasteiger partial charge in [-0.2, -0.15) is 0 Å². The lowest BCUT2D eigenvalue weighted by Crippen LogP contribution is -2.35. The maximum atomic E-state index is 12.3. The molecule has 1 aromatic carbocycles. The van der Waals surface area contributed by atoms with Crippen molar-refractivity contribution in [1.82, 2.24) is 4.90 Å². The van der Waals surface area contributed by atoms with Crippen LogP contribution in [0.5, 0.6) is 5.75 Å². The Labute approximate surface area is 121 Å². The number of amides is 2. The van der Waals surface area contributed by atoms with Gasteiger partial charge < -0.3 is 15.0 Å². The van der Waals surface area contributed by atoms with E-state index in [2.05, 4.69) is 5.32 Å². The largest absolute Gasteiger partial charge is 0.489 e. The minimum Gasteiger partial charge on any atom is -0.489 e. The second-order valence-corrected chi connectivity index (χ2v) is 5.49. The minimum absolute atomic E-state index is 0.0216. The Kier molecular flexibility index (Phi) is 5.27. The van der Waals surface area contributed by atoms with E-state index >= 15 is 0 Å².